The molecule has 0 aliphatic carbocycles. The lowest BCUT2D eigenvalue weighted by Gasteiger charge is -2.39. The average molecular weight is 343 g/mol. The van der Waals surface area contributed by atoms with E-state index < -0.39 is 0 Å². The van der Waals surface area contributed by atoms with Crippen LogP contribution < -0.4 is 5.73 Å². The second-order valence-corrected chi connectivity index (χ2v) is 7.23. The third-order valence-electron chi connectivity index (χ3n) is 5.78. The molecule has 2 fully saturated rings. The standard InChI is InChI=1S/C20H29N3O2/c1-2-17(15-7-4-3-5-8-15)20(25)22-13-10-16(11-14-22)23-12-6-9-18(23)19(21)24/h3-5,7-8,16-18H,2,6,9-14H2,1H3,(H2,21,24)/t17-,18+/m1/s1. The third kappa shape index (κ3) is 3.87. The van der Waals surface area contributed by atoms with Gasteiger partial charge in [-0.3, -0.25) is 14.5 Å². The van der Waals surface area contributed by atoms with Crippen molar-refractivity contribution in [2.45, 2.75) is 57.0 Å². The van der Waals surface area contributed by atoms with Crippen molar-refractivity contribution in [1.82, 2.24) is 9.80 Å². The summed E-state index contributed by atoms with van der Waals surface area (Å²) in [6.45, 7) is 4.57. The molecule has 1 aromatic carbocycles. The number of hydrogen-bond donors (Lipinski definition) is 1. The number of primary amides is 1. The molecule has 2 N–H and O–H groups in total. The highest BCUT2D eigenvalue weighted by molar-refractivity contribution is 5.84. The largest absolute Gasteiger partial charge is 0.368 e. The highest BCUT2D eigenvalue weighted by Crippen LogP contribution is 2.28. The van der Waals surface area contributed by atoms with Crippen LogP contribution in [0.3, 0.4) is 0 Å². The number of carbonyl (C=O) groups excluding carboxylic acids is 2. The fourth-order valence-corrected chi connectivity index (χ4v) is 4.41. The molecule has 3 rings (SSSR count). The summed E-state index contributed by atoms with van der Waals surface area (Å²) in [6, 6.07) is 10.3. The minimum atomic E-state index is -0.203. The van der Waals surface area contributed by atoms with E-state index in [1.807, 2.05) is 35.2 Å². The molecule has 2 atom stereocenters. The van der Waals surface area contributed by atoms with E-state index in [4.69, 9.17) is 5.73 Å². The Balaban J connectivity index is 1.60. The fraction of sp³-hybridized carbons (Fsp3) is 0.600. The first-order valence-corrected chi connectivity index (χ1v) is 9.50. The summed E-state index contributed by atoms with van der Waals surface area (Å²) in [5.74, 6) is -0.0194. The first-order chi connectivity index (χ1) is 12.1. The zero-order valence-corrected chi connectivity index (χ0v) is 15.1. The number of piperidine rings is 1. The smallest absolute Gasteiger partial charge is 0.234 e. The summed E-state index contributed by atoms with van der Waals surface area (Å²) in [5.41, 5.74) is 6.65. The lowest BCUT2D eigenvalue weighted by molar-refractivity contribution is -0.135. The normalized spacial score (nSPS) is 23.6. The predicted molar refractivity (Wildman–Crippen MR) is 98.0 cm³/mol. The van der Waals surface area contributed by atoms with Gasteiger partial charge in [0.1, 0.15) is 0 Å². The van der Waals surface area contributed by atoms with Crippen LogP contribution in [0.4, 0.5) is 0 Å². The van der Waals surface area contributed by atoms with Crippen molar-refractivity contribution in [1.29, 1.82) is 0 Å². The molecule has 0 spiro atoms. The molecule has 25 heavy (non-hydrogen) atoms. The third-order valence-corrected chi connectivity index (χ3v) is 5.78. The van der Waals surface area contributed by atoms with Crippen LogP contribution in [-0.2, 0) is 9.59 Å². The number of amides is 2. The first kappa shape index (κ1) is 17.9. The van der Waals surface area contributed by atoms with Crippen molar-refractivity contribution in [3.8, 4) is 0 Å². The van der Waals surface area contributed by atoms with Crippen molar-refractivity contribution in [3.05, 3.63) is 35.9 Å². The Bertz CT molecular complexity index is 596. The number of nitrogens with zero attached hydrogens (tertiary/aromatic N) is 2. The molecule has 1 aromatic rings. The Hall–Kier alpha value is -1.88. The van der Waals surface area contributed by atoms with E-state index in [9.17, 15) is 9.59 Å². The lowest BCUT2D eigenvalue weighted by Crippen LogP contribution is -2.51. The van der Waals surface area contributed by atoms with Crippen molar-refractivity contribution in [2.75, 3.05) is 19.6 Å². The summed E-state index contributed by atoms with van der Waals surface area (Å²) in [6.07, 6.45) is 4.60. The molecular formula is C20H29N3O2. The van der Waals surface area contributed by atoms with Crippen molar-refractivity contribution in [3.63, 3.8) is 0 Å². The fourth-order valence-electron chi connectivity index (χ4n) is 4.41. The van der Waals surface area contributed by atoms with E-state index >= 15 is 0 Å². The monoisotopic (exact) mass is 343 g/mol. The Labute approximate surface area is 150 Å². The first-order valence-electron chi connectivity index (χ1n) is 9.50. The molecule has 0 unspecified atom stereocenters. The minimum absolute atomic E-state index is 0.0529. The summed E-state index contributed by atoms with van der Waals surface area (Å²) in [4.78, 5) is 28.9. The Morgan fingerprint density at radius 1 is 1.12 bits per heavy atom. The number of likely N-dealkylation sites (tertiary alicyclic amines) is 2. The maximum absolute atomic E-state index is 13.0. The van der Waals surface area contributed by atoms with Crippen LogP contribution in [0.1, 0.15) is 50.5 Å². The molecular weight excluding hydrogens is 314 g/mol. The van der Waals surface area contributed by atoms with Gasteiger partial charge in [-0.25, -0.2) is 0 Å². The molecule has 2 aliphatic heterocycles. The van der Waals surface area contributed by atoms with Crippen LogP contribution in [0.15, 0.2) is 30.3 Å². The van der Waals surface area contributed by atoms with E-state index in [0.29, 0.717) is 6.04 Å². The molecule has 2 saturated heterocycles. The molecule has 0 aromatic heterocycles. The minimum Gasteiger partial charge on any atom is -0.368 e. The SMILES string of the molecule is CC[C@@H](C(=O)N1CCC(N2CCC[C@H]2C(N)=O)CC1)c1ccccc1. The van der Waals surface area contributed by atoms with Crippen LogP contribution in [0.25, 0.3) is 0 Å². The average Bonchev–Trinajstić information content (AvgIpc) is 3.13. The highest BCUT2D eigenvalue weighted by atomic mass is 16.2. The van der Waals surface area contributed by atoms with Crippen LogP contribution in [0.2, 0.25) is 0 Å². The van der Waals surface area contributed by atoms with Gasteiger partial charge in [-0.2, -0.15) is 0 Å². The van der Waals surface area contributed by atoms with Crippen molar-refractivity contribution >= 4 is 11.8 Å². The molecule has 2 amide bonds. The Kier molecular flexibility index (Phi) is 5.74. The molecule has 0 radical (unpaired) electrons. The number of rotatable bonds is 5. The summed E-state index contributed by atoms with van der Waals surface area (Å²) >= 11 is 0. The quantitative estimate of drug-likeness (QED) is 0.890. The molecule has 5 nitrogen and oxygen atoms in total. The van der Waals surface area contributed by atoms with Gasteiger partial charge in [0.05, 0.1) is 12.0 Å². The number of hydrogen-bond acceptors (Lipinski definition) is 3. The van der Waals surface area contributed by atoms with E-state index in [1.165, 1.54) is 0 Å². The van der Waals surface area contributed by atoms with E-state index in [0.717, 1.165) is 57.3 Å². The lowest BCUT2D eigenvalue weighted by atomic mass is 9.93. The Morgan fingerprint density at radius 2 is 1.80 bits per heavy atom. The zero-order chi connectivity index (χ0) is 17.8. The van der Waals surface area contributed by atoms with Gasteiger partial charge in [0, 0.05) is 19.1 Å². The molecule has 0 bridgehead atoms. The van der Waals surface area contributed by atoms with Crippen LogP contribution >= 0.6 is 0 Å². The number of benzene rings is 1. The highest BCUT2D eigenvalue weighted by Gasteiger charge is 2.37. The van der Waals surface area contributed by atoms with Crippen LogP contribution in [0.5, 0.6) is 0 Å². The topological polar surface area (TPSA) is 66.6 Å². The van der Waals surface area contributed by atoms with Crippen molar-refractivity contribution < 1.29 is 9.59 Å². The predicted octanol–water partition coefficient (Wildman–Crippen LogP) is 2.12. The van der Waals surface area contributed by atoms with E-state index in [2.05, 4.69) is 11.8 Å². The molecule has 136 valence electrons. The maximum Gasteiger partial charge on any atom is 0.234 e. The van der Waals surface area contributed by atoms with Gasteiger partial charge in [-0.05, 0) is 44.2 Å². The van der Waals surface area contributed by atoms with Gasteiger partial charge in [0.15, 0.2) is 0 Å². The maximum atomic E-state index is 13.0. The van der Waals surface area contributed by atoms with E-state index in [-0.39, 0.29) is 23.8 Å². The Morgan fingerprint density at radius 3 is 2.40 bits per heavy atom. The second-order valence-electron chi connectivity index (χ2n) is 7.23. The summed E-state index contributed by atoms with van der Waals surface area (Å²) in [5, 5.41) is 0. The number of nitrogens with two attached hydrogens (primary N) is 1. The van der Waals surface area contributed by atoms with Gasteiger partial charge in [-0.1, -0.05) is 37.3 Å². The van der Waals surface area contributed by atoms with Gasteiger partial charge in [0.2, 0.25) is 11.8 Å². The van der Waals surface area contributed by atoms with Gasteiger partial charge in [-0.15, -0.1) is 0 Å². The molecule has 2 heterocycles. The zero-order valence-electron chi connectivity index (χ0n) is 15.1. The van der Waals surface area contributed by atoms with E-state index in [1.54, 1.807) is 0 Å². The van der Waals surface area contributed by atoms with Gasteiger partial charge >= 0.3 is 0 Å². The van der Waals surface area contributed by atoms with Gasteiger partial charge < -0.3 is 10.6 Å². The summed E-state index contributed by atoms with van der Waals surface area (Å²) in [7, 11) is 0. The van der Waals surface area contributed by atoms with Crippen LogP contribution in [-0.4, -0.2) is 53.3 Å². The van der Waals surface area contributed by atoms with Gasteiger partial charge in [0.25, 0.3) is 0 Å². The molecule has 0 saturated carbocycles. The molecule has 2 aliphatic rings. The molecule has 5 heteroatoms. The van der Waals surface area contributed by atoms with Crippen molar-refractivity contribution in [2.24, 2.45) is 5.73 Å². The number of carbonyl (C=O) groups is 2. The second kappa shape index (κ2) is 8.00. The van der Waals surface area contributed by atoms with Crippen LogP contribution in [0, 0.1) is 0 Å². The summed E-state index contributed by atoms with van der Waals surface area (Å²) < 4.78 is 0.